The van der Waals surface area contributed by atoms with Crippen molar-refractivity contribution in [3.05, 3.63) is 62.6 Å². The molecule has 1 unspecified atom stereocenters. The van der Waals surface area contributed by atoms with Gasteiger partial charge in [0.25, 0.3) is 0 Å². The summed E-state index contributed by atoms with van der Waals surface area (Å²) in [6.07, 6.45) is 8.57. The van der Waals surface area contributed by atoms with Crippen molar-refractivity contribution in [1.29, 1.82) is 0 Å². The normalized spacial score (nSPS) is 28.9. The zero-order valence-corrected chi connectivity index (χ0v) is 21.5. The molecule has 0 radical (unpaired) electrons. The van der Waals surface area contributed by atoms with Crippen molar-refractivity contribution in [3.8, 4) is 5.75 Å². The maximum absolute atomic E-state index is 6.54. The quantitative estimate of drug-likeness (QED) is 0.400. The average molecular weight is 515 g/mol. The zero-order valence-electron chi connectivity index (χ0n) is 18.4. The molecule has 174 valence electrons. The first kappa shape index (κ1) is 24.5. The lowest BCUT2D eigenvalue weighted by Crippen LogP contribution is -2.54. The Balaban J connectivity index is 0.00000245. The lowest BCUT2D eigenvalue weighted by atomic mass is 9.48. The molecule has 1 N–H and O–H groups in total. The molecule has 4 saturated carbocycles. The second kappa shape index (κ2) is 9.92. The number of halogens is 4. The molecule has 0 spiro atoms. The van der Waals surface area contributed by atoms with E-state index in [1.807, 2.05) is 30.3 Å². The van der Waals surface area contributed by atoms with Crippen LogP contribution in [0.4, 0.5) is 0 Å². The summed E-state index contributed by atoms with van der Waals surface area (Å²) in [4.78, 5) is 0. The van der Waals surface area contributed by atoms with Crippen LogP contribution < -0.4 is 10.1 Å². The van der Waals surface area contributed by atoms with Crippen LogP contribution in [0.25, 0.3) is 0 Å². The first-order chi connectivity index (χ1) is 14.9. The Hall–Kier alpha value is -0.640. The van der Waals surface area contributed by atoms with Crippen LogP contribution in [-0.2, 0) is 13.2 Å². The molecule has 0 amide bonds. The van der Waals surface area contributed by atoms with Crippen LogP contribution in [-0.4, -0.2) is 6.04 Å². The fraction of sp³-hybridized carbons (Fsp3) is 0.538. The van der Waals surface area contributed by atoms with Gasteiger partial charge >= 0.3 is 0 Å². The van der Waals surface area contributed by atoms with Crippen molar-refractivity contribution in [3.63, 3.8) is 0 Å². The molecule has 32 heavy (non-hydrogen) atoms. The van der Waals surface area contributed by atoms with Gasteiger partial charge in [-0.2, -0.15) is 0 Å². The van der Waals surface area contributed by atoms with Gasteiger partial charge in [-0.1, -0.05) is 53.0 Å². The largest absolute Gasteiger partial charge is 0.487 e. The van der Waals surface area contributed by atoms with E-state index in [9.17, 15) is 0 Å². The molecule has 6 heteroatoms. The van der Waals surface area contributed by atoms with Crippen molar-refractivity contribution in [2.45, 2.75) is 64.6 Å². The second-order valence-electron chi connectivity index (χ2n) is 10.1. The number of ether oxygens (including phenoxy) is 1. The van der Waals surface area contributed by atoms with Gasteiger partial charge in [0.15, 0.2) is 0 Å². The highest BCUT2D eigenvalue weighted by Gasteiger charge is 2.52. The molecule has 1 atom stereocenters. The highest BCUT2D eigenvalue weighted by atomic mass is 35.5. The summed E-state index contributed by atoms with van der Waals surface area (Å²) in [6, 6.07) is 11.9. The Labute approximate surface area is 212 Å². The molecular weight excluding hydrogens is 484 g/mol. The Morgan fingerprint density at radius 3 is 2.19 bits per heavy atom. The maximum Gasteiger partial charge on any atom is 0.142 e. The van der Waals surface area contributed by atoms with E-state index in [0.29, 0.717) is 45.4 Å². The smallest absolute Gasteiger partial charge is 0.142 e. The van der Waals surface area contributed by atoms with E-state index in [2.05, 4.69) is 12.2 Å². The zero-order chi connectivity index (χ0) is 21.6. The van der Waals surface area contributed by atoms with Gasteiger partial charge in [-0.05, 0) is 86.8 Å². The SMILES string of the molecule is CC(NCc1cc(Cl)cc(Cl)c1OCc1ccccc1Cl)C12CC3CC(CC(C3)C1)C2.Cl. The molecule has 6 rings (SSSR count). The average Bonchev–Trinajstić information content (AvgIpc) is 2.71. The standard InChI is InChI=1S/C26H30Cl3NO.ClH/c1-16(26-11-17-6-18(12-26)8-19(7-17)13-26)30-14-21-9-22(27)10-24(29)25(21)31-15-20-4-2-3-5-23(20)28;/h2-5,9-10,16-19,30H,6-8,11-15H2,1H3;1H. The van der Waals surface area contributed by atoms with E-state index in [0.717, 1.165) is 28.9 Å². The van der Waals surface area contributed by atoms with Crippen molar-refractivity contribution in [2.24, 2.45) is 23.2 Å². The molecular formula is C26H31Cl4NO. The summed E-state index contributed by atoms with van der Waals surface area (Å²) in [6.45, 7) is 3.45. The van der Waals surface area contributed by atoms with Crippen molar-refractivity contribution in [1.82, 2.24) is 5.32 Å². The molecule has 0 aliphatic heterocycles. The van der Waals surface area contributed by atoms with Crippen molar-refractivity contribution < 1.29 is 4.74 Å². The van der Waals surface area contributed by atoms with Crippen molar-refractivity contribution >= 4 is 47.2 Å². The Bertz CT molecular complexity index is 928. The lowest BCUT2D eigenvalue weighted by molar-refractivity contribution is -0.0706. The molecule has 2 nitrogen and oxygen atoms in total. The number of benzene rings is 2. The maximum atomic E-state index is 6.54. The van der Waals surface area contributed by atoms with Gasteiger partial charge in [0.1, 0.15) is 12.4 Å². The number of hydrogen-bond acceptors (Lipinski definition) is 2. The summed E-state index contributed by atoms with van der Waals surface area (Å²) in [7, 11) is 0. The van der Waals surface area contributed by atoms with Gasteiger partial charge in [0, 0.05) is 33.8 Å². The van der Waals surface area contributed by atoms with Crippen LogP contribution in [0.1, 0.15) is 56.6 Å². The van der Waals surface area contributed by atoms with Crippen molar-refractivity contribution in [2.75, 3.05) is 0 Å². The van der Waals surface area contributed by atoms with E-state index < -0.39 is 0 Å². The van der Waals surface area contributed by atoms with Gasteiger partial charge < -0.3 is 10.1 Å². The highest BCUT2D eigenvalue weighted by Crippen LogP contribution is 2.61. The van der Waals surface area contributed by atoms with Crippen LogP contribution in [0, 0.1) is 23.2 Å². The highest BCUT2D eigenvalue weighted by molar-refractivity contribution is 6.35. The summed E-state index contributed by atoms with van der Waals surface area (Å²) in [5.74, 6) is 3.54. The minimum atomic E-state index is 0. The molecule has 0 saturated heterocycles. The Morgan fingerprint density at radius 2 is 1.56 bits per heavy atom. The van der Waals surface area contributed by atoms with Gasteiger partial charge in [-0.15, -0.1) is 12.4 Å². The van der Waals surface area contributed by atoms with E-state index in [1.54, 1.807) is 6.07 Å². The summed E-state index contributed by atoms with van der Waals surface area (Å²) in [5, 5.41) is 5.71. The predicted octanol–water partition coefficient (Wildman–Crippen LogP) is 8.34. The molecule has 2 aromatic carbocycles. The van der Waals surface area contributed by atoms with Crippen LogP contribution in [0.15, 0.2) is 36.4 Å². The number of nitrogens with one attached hydrogen (secondary N) is 1. The van der Waals surface area contributed by atoms with E-state index in [-0.39, 0.29) is 12.4 Å². The molecule has 4 aliphatic rings. The fourth-order valence-corrected chi connectivity index (χ4v) is 7.64. The Kier molecular flexibility index (Phi) is 7.59. The summed E-state index contributed by atoms with van der Waals surface area (Å²) < 4.78 is 6.16. The van der Waals surface area contributed by atoms with E-state index in [4.69, 9.17) is 39.5 Å². The fourth-order valence-electron chi connectivity index (χ4n) is 6.86. The topological polar surface area (TPSA) is 21.3 Å². The van der Waals surface area contributed by atoms with Crippen LogP contribution in [0.3, 0.4) is 0 Å². The summed E-state index contributed by atoms with van der Waals surface area (Å²) in [5.41, 5.74) is 2.40. The first-order valence-corrected chi connectivity index (χ1v) is 12.6. The molecule has 2 aromatic rings. The monoisotopic (exact) mass is 513 g/mol. The molecule has 4 bridgehead atoms. The van der Waals surface area contributed by atoms with Gasteiger partial charge in [0.2, 0.25) is 0 Å². The van der Waals surface area contributed by atoms with E-state index in [1.165, 1.54) is 38.5 Å². The number of rotatable bonds is 7. The lowest BCUT2D eigenvalue weighted by Gasteiger charge is -2.59. The third-order valence-electron chi connectivity index (χ3n) is 8.02. The molecule has 4 aliphatic carbocycles. The minimum Gasteiger partial charge on any atom is -0.487 e. The predicted molar refractivity (Wildman–Crippen MR) is 136 cm³/mol. The van der Waals surface area contributed by atoms with Crippen LogP contribution in [0.2, 0.25) is 15.1 Å². The van der Waals surface area contributed by atoms with Crippen LogP contribution in [0.5, 0.6) is 5.75 Å². The molecule has 0 aromatic heterocycles. The van der Waals surface area contributed by atoms with Gasteiger partial charge in [-0.25, -0.2) is 0 Å². The molecule has 4 fully saturated rings. The number of hydrogen-bond donors (Lipinski definition) is 1. The molecule has 0 heterocycles. The first-order valence-electron chi connectivity index (χ1n) is 11.5. The van der Waals surface area contributed by atoms with E-state index >= 15 is 0 Å². The van der Waals surface area contributed by atoms with Gasteiger partial charge in [0.05, 0.1) is 5.02 Å². The third kappa shape index (κ3) is 4.91. The Morgan fingerprint density at radius 1 is 0.938 bits per heavy atom. The van der Waals surface area contributed by atoms with Crippen LogP contribution >= 0.6 is 47.2 Å². The minimum absolute atomic E-state index is 0. The summed E-state index contributed by atoms with van der Waals surface area (Å²) >= 11 is 19.2. The third-order valence-corrected chi connectivity index (χ3v) is 8.89. The van der Waals surface area contributed by atoms with Gasteiger partial charge in [-0.3, -0.25) is 0 Å². The second-order valence-corrected chi connectivity index (χ2v) is 11.4.